The van der Waals surface area contributed by atoms with E-state index in [4.69, 9.17) is 42.8 Å². The number of alkyl carbamates (subject to hydrolysis) is 2. The van der Waals surface area contributed by atoms with Crippen molar-refractivity contribution in [3.63, 3.8) is 0 Å². The highest BCUT2D eigenvalue weighted by atomic mass is 32.2. The second kappa shape index (κ2) is 29.5. The van der Waals surface area contributed by atoms with Gasteiger partial charge in [0, 0.05) is 32.6 Å². The zero-order valence-corrected chi connectivity index (χ0v) is 45.8. The molecule has 0 radical (unpaired) electrons. The van der Waals surface area contributed by atoms with E-state index in [0.717, 1.165) is 15.6 Å². The quantitative estimate of drug-likeness (QED) is 0.0592. The molecule has 3 fully saturated rings. The molecule has 7 atom stereocenters. The minimum absolute atomic E-state index is 0.00241. The number of methoxy groups -OCH3 is 2. The lowest BCUT2D eigenvalue weighted by molar-refractivity contribution is -0.170. The summed E-state index contributed by atoms with van der Waals surface area (Å²) in [4.78, 5) is 36.9. The largest absolute Gasteiger partial charge is 0.497 e. The number of nitrogens with one attached hydrogen (secondary N) is 3. The van der Waals surface area contributed by atoms with Gasteiger partial charge in [0.1, 0.15) is 23.2 Å². The Balaban J connectivity index is 0.000000250. The highest BCUT2D eigenvalue weighted by Gasteiger charge is 2.37. The molecule has 4 aromatic rings. The van der Waals surface area contributed by atoms with Crippen LogP contribution >= 0.6 is 0 Å². The summed E-state index contributed by atoms with van der Waals surface area (Å²) in [6.45, 7) is 6.79. The first kappa shape index (κ1) is 60.8. The fourth-order valence-electron chi connectivity index (χ4n) is 8.36. The van der Waals surface area contributed by atoms with E-state index in [1.54, 1.807) is 32.9 Å². The summed E-state index contributed by atoms with van der Waals surface area (Å²) in [6, 6.07) is 29.3. The molecule has 77 heavy (non-hydrogen) atoms. The summed E-state index contributed by atoms with van der Waals surface area (Å²) >= 11 is 0. The van der Waals surface area contributed by atoms with E-state index < -0.39 is 86.1 Å². The van der Waals surface area contributed by atoms with E-state index in [2.05, 4.69) is 16.1 Å². The van der Waals surface area contributed by atoms with Crippen LogP contribution in [0, 0.1) is 0 Å². The molecule has 4 unspecified atom stereocenters. The van der Waals surface area contributed by atoms with Crippen molar-refractivity contribution in [2.24, 2.45) is 0 Å². The number of carbonyl (C=O) groups is 2. The molecular weight excluding hydrogens is 1040 g/mol. The van der Waals surface area contributed by atoms with Crippen molar-refractivity contribution in [3.05, 3.63) is 120 Å². The Kier molecular flexibility index (Phi) is 23.3. The number of aliphatic hydroxyl groups is 2. The molecule has 3 aliphatic heterocycles. The fraction of sp³-hybridized carbons (Fsp3) is 0.519. The molecule has 0 bridgehead atoms. The van der Waals surface area contributed by atoms with Crippen molar-refractivity contribution < 1.29 is 79.5 Å². The van der Waals surface area contributed by atoms with Crippen molar-refractivity contribution in [1.82, 2.24) is 20.6 Å². The van der Waals surface area contributed by atoms with Crippen LogP contribution in [0.25, 0.3) is 0 Å². The van der Waals surface area contributed by atoms with Gasteiger partial charge in [-0.15, -0.1) is 0 Å². The van der Waals surface area contributed by atoms with Crippen molar-refractivity contribution >= 4 is 32.0 Å². The second-order valence-corrected chi connectivity index (χ2v) is 23.5. The molecule has 0 aromatic heterocycles. The summed E-state index contributed by atoms with van der Waals surface area (Å²) < 4.78 is 91.5. The zero-order valence-electron chi connectivity index (χ0n) is 44.2. The van der Waals surface area contributed by atoms with Gasteiger partial charge in [0.05, 0.1) is 86.9 Å². The Morgan fingerprint density at radius 3 is 1.73 bits per heavy atom. The number of hydrogen-bond acceptors (Lipinski definition) is 18. The van der Waals surface area contributed by atoms with E-state index in [0.29, 0.717) is 70.0 Å². The lowest BCUT2D eigenvalue weighted by Gasteiger charge is -2.32. The van der Waals surface area contributed by atoms with Crippen molar-refractivity contribution in [2.75, 3.05) is 60.3 Å². The van der Waals surface area contributed by atoms with Crippen LogP contribution in [0.3, 0.4) is 0 Å². The van der Waals surface area contributed by atoms with E-state index >= 15 is 0 Å². The van der Waals surface area contributed by atoms with Gasteiger partial charge in [0.25, 0.3) is 10.0 Å². The van der Waals surface area contributed by atoms with Crippen LogP contribution in [-0.4, -0.2) is 158 Å². The first-order chi connectivity index (χ1) is 36.8. The first-order valence-electron chi connectivity index (χ1n) is 25.6. The predicted molar refractivity (Wildman–Crippen MR) is 282 cm³/mol. The van der Waals surface area contributed by atoms with Gasteiger partial charge >= 0.3 is 12.2 Å². The average molecular weight is 1120 g/mol. The van der Waals surface area contributed by atoms with E-state index in [1.807, 2.05) is 60.7 Å². The molecule has 0 saturated carbocycles. The number of hydrogen-bond donors (Lipinski definition) is 5. The van der Waals surface area contributed by atoms with E-state index in [9.17, 15) is 36.6 Å². The van der Waals surface area contributed by atoms with Crippen molar-refractivity contribution in [2.45, 2.75) is 129 Å². The number of benzene rings is 4. The minimum atomic E-state index is -4.17. The second-order valence-electron chi connectivity index (χ2n) is 19.6. The lowest BCUT2D eigenvalue weighted by atomic mass is 10.0. The number of nitrogens with zero attached hydrogens (tertiary/aromatic N) is 1. The predicted octanol–water partition coefficient (Wildman–Crippen LogP) is 5.28. The number of sulfonamides is 1. The topological polar surface area (TPSA) is 265 Å². The first-order valence-corrected chi connectivity index (χ1v) is 28.6. The zero-order chi connectivity index (χ0) is 55.4. The van der Waals surface area contributed by atoms with E-state index in [1.165, 1.54) is 50.6 Å². The Labute approximate surface area is 451 Å². The third-order valence-corrected chi connectivity index (χ3v) is 16.2. The maximum atomic E-state index is 13.6. The standard InChI is InChI=1S/C27H36N2O9S.C27H38N2O8S/c1-34-20-7-9-23(10-8-20)39(32,33)26-16-21(12-14-36-26)38-28-17-25(30)24(15-19-5-3-2-4-6-19)29-27(31)37-22-11-13-35-18-22;1-27(2,3)36-26(31)28-24(18-20-8-6-5-7-9-20)25(30)19-29(37-22-14-16-35-17-15-22)38(32,33)23-12-10-21(34-4)11-13-23/h2-10,21-22,24-26,28,30H,11-18H2,1H3,(H,29,31);5-13,22,24-25,30H,14-19H2,1-4H3,(H,28,31)/t21?,22-,24-,25+,26?;/m0./s1. The van der Waals surface area contributed by atoms with Crippen LogP contribution in [0.5, 0.6) is 11.5 Å². The minimum Gasteiger partial charge on any atom is -0.497 e. The highest BCUT2D eigenvalue weighted by molar-refractivity contribution is 7.92. The van der Waals surface area contributed by atoms with Gasteiger partial charge in [-0.3, -0.25) is 9.68 Å². The molecule has 424 valence electrons. The number of carbonyl (C=O) groups excluding carboxylic acids is 2. The van der Waals surface area contributed by atoms with Crippen LogP contribution < -0.4 is 25.6 Å². The molecular formula is C54H74N4O17S2. The lowest BCUT2D eigenvalue weighted by Crippen LogP contribution is -2.52. The van der Waals surface area contributed by atoms with Gasteiger partial charge in [0.2, 0.25) is 9.84 Å². The molecule has 5 N–H and O–H groups in total. The average Bonchev–Trinajstić information content (AvgIpc) is 3.94. The Bertz CT molecular complexity index is 2620. The SMILES string of the molecule is COc1ccc(S(=O)(=O)C2CC(ONC[C@@H](O)[C@H](Cc3ccccc3)NC(=O)O[C@H]3CCOC3)CCO2)cc1.COc1ccc(S(=O)(=O)N(CC(O)C(Cc2ccccc2)NC(=O)OC(C)(C)C)OC2CCOCC2)cc1. The van der Waals surface area contributed by atoms with Gasteiger partial charge < -0.3 is 54.0 Å². The normalized spacial score (nSPS) is 19.9. The number of amides is 2. The summed E-state index contributed by atoms with van der Waals surface area (Å²) in [6.07, 6.45) is -1.96. The number of hydroxylamine groups is 2. The highest BCUT2D eigenvalue weighted by Crippen LogP contribution is 2.28. The number of aliphatic hydroxyl groups excluding tert-OH is 2. The Hall–Kier alpha value is -5.44. The molecule has 4 aromatic carbocycles. The van der Waals surface area contributed by atoms with Gasteiger partial charge in [0.15, 0.2) is 5.44 Å². The Morgan fingerprint density at radius 2 is 1.18 bits per heavy atom. The van der Waals surface area contributed by atoms with Crippen LogP contribution in [0.1, 0.15) is 64.0 Å². The molecule has 0 spiro atoms. The molecule has 3 aliphatic rings. The molecule has 21 nitrogen and oxygen atoms in total. The van der Waals surface area contributed by atoms with Gasteiger partial charge in [-0.05, 0) is 113 Å². The molecule has 3 saturated heterocycles. The number of sulfone groups is 1. The van der Waals surface area contributed by atoms with Crippen LogP contribution in [0.15, 0.2) is 119 Å². The molecule has 0 aliphatic carbocycles. The molecule has 7 rings (SSSR count). The van der Waals surface area contributed by atoms with Crippen LogP contribution in [0.4, 0.5) is 9.59 Å². The summed E-state index contributed by atoms with van der Waals surface area (Å²) in [5, 5.41) is 27.7. The molecule has 23 heteroatoms. The Morgan fingerprint density at radius 1 is 0.662 bits per heavy atom. The van der Waals surface area contributed by atoms with Gasteiger partial charge in [-0.25, -0.2) is 26.4 Å². The number of ether oxygens (including phenoxy) is 7. The van der Waals surface area contributed by atoms with Crippen LogP contribution in [-0.2, 0) is 66.1 Å². The van der Waals surface area contributed by atoms with Gasteiger partial charge in [-0.1, -0.05) is 65.1 Å². The number of rotatable bonds is 23. The monoisotopic (exact) mass is 1110 g/mol. The molecule has 3 heterocycles. The van der Waals surface area contributed by atoms with Crippen molar-refractivity contribution in [3.8, 4) is 11.5 Å². The van der Waals surface area contributed by atoms with Crippen LogP contribution in [0.2, 0.25) is 0 Å². The van der Waals surface area contributed by atoms with E-state index in [-0.39, 0.29) is 41.9 Å². The summed E-state index contributed by atoms with van der Waals surface area (Å²) in [7, 11) is -4.91. The van der Waals surface area contributed by atoms with Gasteiger partial charge in [-0.2, -0.15) is 5.48 Å². The fourth-order valence-corrected chi connectivity index (χ4v) is 11.2. The van der Waals surface area contributed by atoms with Crippen molar-refractivity contribution in [1.29, 1.82) is 0 Å². The smallest absolute Gasteiger partial charge is 0.407 e. The third-order valence-electron chi connectivity index (χ3n) is 12.6. The molecule has 2 amide bonds. The summed E-state index contributed by atoms with van der Waals surface area (Å²) in [5.41, 5.74) is 2.74. The third kappa shape index (κ3) is 19.5. The maximum absolute atomic E-state index is 13.6. The summed E-state index contributed by atoms with van der Waals surface area (Å²) in [5.74, 6) is 1.06. The maximum Gasteiger partial charge on any atom is 0.407 e.